The number of H-pyrrole nitrogens is 1. The summed E-state index contributed by atoms with van der Waals surface area (Å²) in [6.07, 6.45) is 3.65. The zero-order valence-corrected chi connectivity index (χ0v) is 24.9. The molecule has 1 fully saturated rings. The molecule has 16 heteroatoms. The van der Waals surface area contributed by atoms with Gasteiger partial charge in [0.05, 0.1) is 38.5 Å². The molecular formula is C28H27Cl2N9O5. The first-order chi connectivity index (χ1) is 21.3. The highest BCUT2D eigenvalue weighted by Crippen LogP contribution is 2.30. The largest absolute Gasteiger partial charge is 0.453 e. The zero-order valence-electron chi connectivity index (χ0n) is 23.4. The van der Waals surface area contributed by atoms with Crippen LogP contribution in [-0.2, 0) is 19.1 Å². The number of hydrogen-bond donors (Lipinski definition) is 3. The van der Waals surface area contributed by atoms with Crippen molar-refractivity contribution in [2.45, 2.75) is 12.5 Å². The number of tetrazole rings is 1. The minimum Gasteiger partial charge on any atom is -0.453 e. The monoisotopic (exact) mass is 639 g/mol. The van der Waals surface area contributed by atoms with Gasteiger partial charge in [-0.15, -0.1) is 5.10 Å². The molecule has 5 rings (SSSR count). The van der Waals surface area contributed by atoms with E-state index in [2.05, 4.69) is 40.9 Å². The number of aromatic nitrogens is 6. The molecule has 0 spiro atoms. The first kappa shape index (κ1) is 30.7. The van der Waals surface area contributed by atoms with Gasteiger partial charge < -0.3 is 24.7 Å². The minimum atomic E-state index is -0.840. The fourth-order valence-corrected chi connectivity index (χ4v) is 4.89. The maximum absolute atomic E-state index is 13.2. The van der Waals surface area contributed by atoms with E-state index in [4.69, 9.17) is 27.9 Å². The number of rotatable bonds is 9. The molecule has 0 saturated carbocycles. The molecule has 3 N–H and O–H groups in total. The SMILES string of the molecule is COC(=O)Nc1ccc(-c2nc([C@H](CC(=O)N3CCOCC3)NC(=O)C=Cc3cc(Cl)ccc3-n3cnnn3)[nH]c2Cl)cc1. The molecule has 1 aliphatic rings. The van der Waals surface area contributed by atoms with Crippen molar-refractivity contribution in [2.75, 3.05) is 38.7 Å². The Balaban J connectivity index is 1.38. The number of nitrogens with one attached hydrogen (secondary N) is 3. The van der Waals surface area contributed by atoms with Crippen molar-refractivity contribution < 1.29 is 23.9 Å². The normalized spacial score (nSPS) is 13.9. The summed E-state index contributed by atoms with van der Waals surface area (Å²) in [7, 11) is 1.27. The van der Waals surface area contributed by atoms with Gasteiger partial charge in [0.25, 0.3) is 0 Å². The number of carbonyl (C=O) groups excluding carboxylic acids is 3. The van der Waals surface area contributed by atoms with Crippen molar-refractivity contribution in [1.82, 2.24) is 40.4 Å². The summed E-state index contributed by atoms with van der Waals surface area (Å²) in [6, 6.07) is 11.0. The number of benzene rings is 2. The lowest BCUT2D eigenvalue weighted by Gasteiger charge is -2.28. The molecule has 4 aromatic rings. The molecule has 0 aliphatic carbocycles. The van der Waals surface area contributed by atoms with Crippen LogP contribution in [0.5, 0.6) is 0 Å². The number of halogens is 2. The lowest BCUT2D eigenvalue weighted by molar-refractivity contribution is -0.136. The van der Waals surface area contributed by atoms with E-state index in [1.165, 1.54) is 24.2 Å². The lowest BCUT2D eigenvalue weighted by Crippen LogP contribution is -2.42. The second-order valence-electron chi connectivity index (χ2n) is 9.53. The third-order valence-corrected chi connectivity index (χ3v) is 7.17. The highest BCUT2D eigenvalue weighted by molar-refractivity contribution is 6.32. The van der Waals surface area contributed by atoms with Crippen LogP contribution < -0.4 is 10.6 Å². The first-order valence-electron chi connectivity index (χ1n) is 13.4. The Labute approximate surface area is 261 Å². The van der Waals surface area contributed by atoms with E-state index in [0.717, 1.165) is 0 Å². The average Bonchev–Trinajstić information content (AvgIpc) is 3.71. The number of aromatic amines is 1. The average molecular weight is 640 g/mol. The van der Waals surface area contributed by atoms with Gasteiger partial charge in [0.15, 0.2) is 0 Å². The summed E-state index contributed by atoms with van der Waals surface area (Å²) in [5.41, 5.74) is 2.77. The molecule has 228 valence electrons. The number of amides is 3. The number of imidazole rings is 1. The number of nitrogens with zero attached hydrogens (tertiary/aromatic N) is 6. The highest BCUT2D eigenvalue weighted by Gasteiger charge is 2.26. The molecule has 0 radical (unpaired) electrons. The van der Waals surface area contributed by atoms with Gasteiger partial charge in [0, 0.05) is 41.0 Å². The molecule has 44 heavy (non-hydrogen) atoms. The quantitative estimate of drug-likeness (QED) is 0.231. The smallest absolute Gasteiger partial charge is 0.411 e. The fraction of sp³-hybridized carbons (Fsp3) is 0.250. The lowest BCUT2D eigenvalue weighted by atomic mass is 10.1. The molecule has 0 unspecified atom stereocenters. The third kappa shape index (κ3) is 7.58. The standard InChI is InChI=1S/C28H27Cl2N9O5/c1-43-28(42)32-20-6-2-17(3-7-20)25-26(30)35-27(34-25)21(15-24(41)38-10-12-44-13-11-38)33-23(40)9-4-18-14-19(29)5-8-22(18)39-16-31-36-37-39/h2-9,14,16,21H,10-13,15H2,1H3,(H,32,42)(H,33,40)(H,34,35)/t21-/m0/s1. The Morgan fingerprint density at radius 1 is 1.14 bits per heavy atom. The Hall–Kier alpha value is -4.79. The van der Waals surface area contributed by atoms with Crippen molar-refractivity contribution in [3.8, 4) is 16.9 Å². The molecule has 1 atom stereocenters. The first-order valence-corrected chi connectivity index (χ1v) is 14.1. The molecule has 1 aliphatic heterocycles. The number of hydrogen-bond acceptors (Lipinski definition) is 9. The molecule has 14 nitrogen and oxygen atoms in total. The van der Waals surface area contributed by atoms with E-state index in [1.54, 1.807) is 53.4 Å². The topological polar surface area (TPSA) is 169 Å². The number of morpholine rings is 1. The van der Waals surface area contributed by atoms with Gasteiger partial charge >= 0.3 is 6.09 Å². The molecule has 1 saturated heterocycles. The van der Waals surface area contributed by atoms with E-state index in [1.807, 2.05) is 0 Å². The Kier molecular flexibility index (Phi) is 9.84. The number of carbonyl (C=O) groups is 3. The van der Waals surface area contributed by atoms with Crippen LogP contribution in [0.25, 0.3) is 23.0 Å². The van der Waals surface area contributed by atoms with E-state index in [-0.39, 0.29) is 17.5 Å². The van der Waals surface area contributed by atoms with Crippen LogP contribution in [0, 0.1) is 0 Å². The summed E-state index contributed by atoms with van der Waals surface area (Å²) in [4.78, 5) is 47.3. The highest BCUT2D eigenvalue weighted by atomic mass is 35.5. The summed E-state index contributed by atoms with van der Waals surface area (Å²) in [5.74, 6) is -0.368. The maximum atomic E-state index is 13.2. The molecule has 2 aromatic heterocycles. The molecular weight excluding hydrogens is 613 g/mol. The van der Waals surface area contributed by atoms with Gasteiger partial charge in [-0.05, 0) is 46.8 Å². The minimum absolute atomic E-state index is 0.0715. The number of methoxy groups -OCH3 is 1. The van der Waals surface area contributed by atoms with E-state index in [9.17, 15) is 14.4 Å². The van der Waals surface area contributed by atoms with Crippen molar-refractivity contribution in [2.24, 2.45) is 0 Å². The van der Waals surface area contributed by atoms with Crippen molar-refractivity contribution in [3.63, 3.8) is 0 Å². The summed E-state index contributed by atoms with van der Waals surface area (Å²) < 4.78 is 11.4. The van der Waals surface area contributed by atoms with Crippen molar-refractivity contribution >= 4 is 52.9 Å². The fourth-order valence-electron chi connectivity index (χ4n) is 4.46. The van der Waals surface area contributed by atoms with Crippen LogP contribution in [-0.4, -0.2) is 86.4 Å². The van der Waals surface area contributed by atoms with Gasteiger partial charge in [-0.3, -0.25) is 14.9 Å². The van der Waals surface area contributed by atoms with Crippen LogP contribution >= 0.6 is 23.2 Å². The van der Waals surface area contributed by atoms with Crippen LogP contribution in [0.15, 0.2) is 54.9 Å². The van der Waals surface area contributed by atoms with Crippen molar-refractivity contribution in [1.29, 1.82) is 0 Å². The second-order valence-corrected chi connectivity index (χ2v) is 10.3. The van der Waals surface area contributed by atoms with E-state index >= 15 is 0 Å². The third-order valence-electron chi connectivity index (χ3n) is 6.66. The predicted molar refractivity (Wildman–Crippen MR) is 161 cm³/mol. The predicted octanol–water partition coefficient (Wildman–Crippen LogP) is 3.66. The van der Waals surface area contributed by atoms with Crippen LogP contribution in [0.4, 0.5) is 10.5 Å². The van der Waals surface area contributed by atoms with Crippen LogP contribution in [0.2, 0.25) is 10.2 Å². The zero-order chi connectivity index (χ0) is 31.1. The van der Waals surface area contributed by atoms with Gasteiger partial charge in [-0.25, -0.2) is 9.78 Å². The molecule has 3 heterocycles. The Morgan fingerprint density at radius 2 is 1.91 bits per heavy atom. The second kappa shape index (κ2) is 14.1. The van der Waals surface area contributed by atoms with Gasteiger partial charge in [0.2, 0.25) is 11.8 Å². The maximum Gasteiger partial charge on any atom is 0.411 e. The van der Waals surface area contributed by atoms with Gasteiger partial charge in [-0.1, -0.05) is 35.3 Å². The van der Waals surface area contributed by atoms with E-state index in [0.29, 0.717) is 65.3 Å². The molecule has 2 aromatic carbocycles. The van der Waals surface area contributed by atoms with Gasteiger partial charge in [-0.2, -0.15) is 4.68 Å². The van der Waals surface area contributed by atoms with Crippen molar-refractivity contribution in [3.05, 3.63) is 76.4 Å². The summed E-state index contributed by atoms with van der Waals surface area (Å²) >= 11 is 12.7. The van der Waals surface area contributed by atoms with Crippen LogP contribution in [0.3, 0.4) is 0 Å². The Morgan fingerprint density at radius 3 is 2.61 bits per heavy atom. The number of anilines is 1. The summed E-state index contributed by atoms with van der Waals surface area (Å²) in [6.45, 7) is 1.77. The van der Waals surface area contributed by atoms with E-state index < -0.39 is 18.0 Å². The Bertz CT molecular complexity index is 1650. The molecule has 0 bridgehead atoms. The number of ether oxygens (including phenoxy) is 2. The van der Waals surface area contributed by atoms with Crippen LogP contribution in [0.1, 0.15) is 23.9 Å². The van der Waals surface area contributed by atoms with Gasteiger partial charge in [0.1, 0.15) is 23.0 Å². The summed E-state index contributed by atoms with van der Waals surface area (Å²) in [5, 5.41) is 17.3. The molecule has 3 amide bonds.